The lowest BCUT2D eigenvalue weighted by molar-refractivity contribution is -0.192. The van der Waals surface area contributed by atoms with E-state index in [2.05, 4.69) is 9.47 Å². The van der Waals surface area contributed by atoms with E-state index in [4.69, 9.17) is 4.74 Å². The fourth-order valence-electron chi connectivity index (χ4n) is 2.40. The normalized spacial score (nSPS) is 16.3. The Balaban J connectivity index is 5.66. The maximum absolute atomic E-state index is 13.1. The van der Waals surface area contributed by atoms with Gasteiger partial charge in [-0.3, -0.25) is 14.4 Å². The Morgan fingerprint density at radius 2 is 1.25 bits per heavy atom. The van der Waals surface area contributed by atoms with Crippen LogP contribution in [-0.2, 0) is 28.6 Å². The molecule has 0 heterocycles. The van der Waals surface area contributed by atoms with E-state index in [1.807, 2.05) is 0 Å². The summed E-state index contributed by atoms with van der Waals surface area (Å²) in [6, 6.07) is 0. The first-order chi connectivity index (χ1) is 14.4. The van der Waals surface area contributed by atoms with Crippen LogP contribution in [0.5, 0.6) is 0 Å². The van der Waals surface area contributed by atoms with Crippen molar-refractivity contribution in [3.8, 4) is 0 Å². The molecule has 0 aliphatic heterocycles. The summed E-state index contributed by atoms with van der Waals surface area (Å²) < 4.78 is 115. The highest BCUT2D eigenvalue weighted by Gasteiger charge is 2.46. The van der Waals surface area contributed by atoms with Gasteiger partial charge in [0, 0.05) is 13.3 Å². The van der Waals surface area contributed by atoms with Gasteiger partial charge in [-0.2, -0.15) is 17.6 Å². The SMILES string of the molecule is CCC(C)(CC(C(=O)OCC(F)(F)C(F)F)C(C)C(=O)OCC(F)(F)C(F)F)OC(C)=O. The number of hydrogen-bond donors (Lipinski definition) is 0. The first-order valence-electron chi connectivity index (χ1n) is 9.23. The van der Waals surface area contributed by atoms with Crippen LogP contribution in [0.25, 0.3) is 0 Å². The minimum Gasteiger partial charge on any atom is -0.460 e. The topological polar surface area (TPSA) is 78.9 Å². The number of esters is 3. The third-order valence-electron chi connectivity index (χ3n) is 4.52. The van der Waals surface area contributed by atoms with Gasteiger partial charge in [0.1, 0.15) is 5.60 Å². The maximum atomic E-state index is 13.1. The Kier molecular flexibility index (Phi) is 10.9. The Bertz CT molecular complexity index is 657. The zero-order valence-electron chi connectivity index (χ0n) is 17.6. The molecule has 0 radical (unpaired) electrons. The molecule has 0 N–H and O–H groups in total. The second kappa shape index (κ2) is 11.6. The van der Waals surface area contributed by atoms with Crippen LogP contribution >= 0.6 is 0 Å². The molecule has 0 saturated carbocycles. The van der Waals surface area contributed by atoms with Crippen molar-refractivity contribution in [3.63, 3.8) is 0 Å². The van der Waals surface area contributed by atoms with Crippen LogP contribution in [0.1, 0.15) is 40.5 Å². The van der Waals surface area contributed by atoms with Gasteiger partial charge >= 0.3 is 42.6 Å². The minimum atomic E-state index is -4.72. The summed E-state index contributed by atoms with van der Waals surface area (Å²) in [6.07, 6.45) is -8.89. The lowest BCUT2D eigenvalue weighted by Gasteiger charge is -2.33. The number of carbonyl (C=O) groups is 3. The smallest absolute Gasteiger partial charge is 0.340 e. The first kappa shape index (κ1) is 29.8. The van der Waals surface area contributed by atoms with E-state index >= 15 is 0 Å². The van der Waals surface area contributed by atoms with Crippen molar-refractivity contribution < 1.29 is 63.7 Å². The number of halogens is 8. The predicted octanol–water partition coefficient (Wildman–Crippen LogP) is 4.25. The Hall–Kier alpha value is -2.15. The van der Waals surface area contributed by atoms with Crippen LogP contribution in [0.2, 0.25) is 0 Å². The molecule has 14 heteroatoms. The maximum Gasteiger partial charge on any atom is 0.340 e. The molecule has 188 valence electrons. The van der Waals surface area contributed by atoms with Gasteiger partial charge in [-0.25, -0.2) is 17.6 Å². The van der Waals surface area contributed by atoms with Crippen molar-refractivity contribution in [3.05, 3.63) is 0 Å². The molecular weight excluding hydrogens is 464 g/mol. The summed E-state index contributed by atoms with van der Waals surface area (Å²) in [5.41, 5.74) is -1.48. The molecule has 0 aliphatic rings. The van der Waals surface area contributed by atoms with E-state index in [0.717, 1.165) is 13.8 Å². The predicted molar refractivity (Wildman–Crippen MR) is 91.6 cm³/mol. The number of hydrogen-bond acceptors (Lipinski definition) is 6. The molecule has 0 aromatic heterocycles. The van der Waals surface area contributed by atoms with Crippen LogP contribution in [0.3, 0.4) is 0 Å². The zero-order chi connectivity index (χ0) is 25.5. The molecule has 0 saturated heterocycles. The summed E-state index contributed by atoms with van der Waals surface area (Å²) in [5.74, 6) is -17.0. The number of ether oxygens (including phenoxy) is 3. The summed E-state index contributed by atoms with van der Waals surface area (Å²) in [6.45, 7) is 0.627. The van der Waals surface area contributed by atoms with E-state index < -0.39 is 79.7 Å². The molecular formula is C18H24F8O6. The molecule has 0 bridgehead atoms. The molecule has 32 heavy (non-hydrogen) atoms. The molecule has 3 atom stereocenters. The third kappa shape index (κ3) is 9.15. The van der Waals surface area contributed by atoms with Crippen LogP contribution in [0, 0.1) is 11.8 Å². The fourth-order valence-corrected chi connectivity index (χ4v) is 2.40. The Labute approximate surface area is 178 Å². The highest BCUT2D eigenvalue weighted by molar-refractivity contribution is 5.82. The van der Waals surface area contributed by atoms with Crippen molar-refractivity contribution >= 4 is 17.9 Å². The van der Waals surface area contributed by atoms with Gasteiger partial charge in [-0.05, 0) is 13.3 Å². The lowest BCUT2D eigenvalue weighted by Crippen LogP contribution is -2.42. The standard InChI is InChI=1S/C18H24F8O6/c1-5-16(4,32-10(3)27)6-11(13(29)31-8-18(25,26)15(21)22)9(2)12(28)30-7-17(23,24)14(19)20/h9,11,14-15H,5-8H2,1-4H3. The van der Waals surface area contributed by atoms with Crippen molar-refractivity contribution in [2.45, 2.75) is 70.8 Å². The van der Waals surface area contributed by atoms with Gasteiger partial charge in [0.25, 0.3) is 0 Å². The lowest BCUT2D eigenvalue weighted by atomic mass is 9.82. The van der Waals surface area contributed by atoms with E-state index in [9.17, 15) is 49.5 Å². The number of alkyl halides is 8. The number of rotatable bonds is 13. The quantitative estimate of drug-likeness (QED) is 0.219. The summed E-state index contributed by atoms with van der Waals surface area (Å²) >= 11 is 0. The Morgan fingerprint density at radius 3 is 1.59 bits per heavy atom. The van der Waals surface area contributed by atoms with Crippen LogP contribution in [0.4, 0.5) is 35.1 Å². The van der Waals surface area contributed by atoms with E-state index in [0.29, 0.717) is 0 Å². The van der Waals surface area contributed by atoms with Crippen LogP contribution in [-0.4, -0.2) is 61.4 Å². The highest BCUT2D eigenvalue weighted by atomic mass is 19.3. The molecule has 3 unspecified atom stereocenters. The second-order valence-corrected chi connectivity index (χ2v) is 7.34. The molecule has 6 nitrogen and oxygen atoms in total. The van der Waals surface area contributed by atoms with E-state index in [-0.39, 0.29) is 6.42 Å². The average Bonchev–Trinajstić information content (AvgIpc) is 2.67. The average molecular weight is 488 g/mol. The van der Waals surface area contributed by atoms with Crippen molar-refractivity contribution in [1.29, 1.82) is 0 Å². The molecule has 0 fully saturated rings. The molecule has 0 aromatic rings. The molecule has 0 amide bonds. The van der Waals surface area contributed by atoms with Gasteiger partial charge in [0.15, 0.2) is 13.2 Å². The van der Waals surface area contributed by atoms with Gasteiger partial charge in [-0.1, -0.05) is 13.8 Å². The van der Waals surface area contributed by atoms with Crippen LogP contribution < -0.4 is 0 Å². The Morgan fingerprint density at radius 1 is 0.844 bits per heavy atom. The zero-order valence-corrected chi connectivity index (χ0v) is 17.6. The summed E-state index contributed by atoms with van der Waals surface area (Å²) in [5, 5.41) is 0. The molecule has 0 aliphatic carbocycles. The van der Waals surface area contributed by atoms with E-state index in [1.54, 1.807) is 0 Å². The van der Waals surface area contributed by atoms with Crippen molar-refractivity contribution in [2.75, 3.05) is 13.2 Å². The van der Waals surface area contributed by atoms with Crippen LogP contribution in [0.15, 0.2) is 0 Å². The van der Waals surface area contributed by atoms with Crippen molar-refractivity contribution in [1.82, 2.24) is 0 Å². The van der Waals surface area contributed by atoms with Gasteiger partial charge in [0.2, 0.25) is 0 Å². The van der Waals surface area contributed by atoms with Gasteiger partial charge in [-0.15, -0.1) is 0 Å². The van der Waals surface area contributed by atoms with Crippen molar-refractivity contribution in [2.24, 2.45) is 11.8 Å². The fraction of sp³-hybridized carbons (Fsp3) is 0.833. The molecule has 0 aromatic carbocycles. The molecule has 0 spiro atoms. The first-order valence-corrected chi connectivity index (χ1v) is 9.23. The van der Waals surface area contributed by atoms with Gasteiger partial charge < -0.3 is 14.2 Å². The second-order valence-electron chi connectivity index (χ2n) is 7.34. The monoisotopic (exact) mass is 488 g/mol. The minimum absolute atomic E-state index is 0.0226. The highest BCUT2D eigenvalue weighted by Crippen LogP contribution is 2.32. The van der Waals surface area contributed by atoms with E-state index in [1.165, 1.54) is 13.8 Å². The molecule has 0 rings (SSSR count). The third-order valence-corrected chi connectivity index (χ3v) is 4.52. The number of carbonyl (C=O) groups excluding carboxylic acids is 3. The summed E-state index contributed by atoms with van der Waals surface area (Å²) in [4.78, 5) is 35.7. The summed E-state index contributed by atoms with van der Waals surface area (Å²) in [7, 11) is 0. The largest absolute Gasteiger partial charge is 0.460 e. The van der Waals surface area contributed by atoms with Gasteiger partial charge in [0.05, 0.1) is 11.8 Å².